The first-order chi connectivity index (χ1) is 24.3. The number of allylic oxidation sites excluding steroid dienone is 8. The van der Waals surface area contributed by atoms with Crippen LogP contribution in [0.1, 0.15) is 120 Å². The Hall–Kier alpha value is -2.83. The van der Waals surface area contributed by atoms with Gasteiger partial charge in [0.05, 0.1) is 0 Å². The van der Waals surface area contributed by atoms with Crippen molar-refractivity contribution in [1.82, 2.24) is 0 Å². The van der Waals surface area contributed by atoms with Gasteiger partial charge >= 0.3 is 317 Å². The fourth-order valence-electron chi connectivity index (χ4n) is 11.3. The molecular formula is C51H60Cl2Zr. The Kier molecular flexibility index (Phi) is 9.92. The van der Waals surface area contributed by atoms with Gasteiger partial charge in [0.2, 0.25) is 0 Å². The molecule has 4 aliphatic rings. The van der Waals surface area contributed by atoms with Gasteiger partial charge < -0.3 is 0 Å². The molecule has 0 nitrogen and oxygen atoms in total. The monoisotopic (exact) mass is 832 g/mol. The zero-order valence-electron chi connectivity index (χ0n) is 34.7. The van der Waals surface area contributed by atoms with Crippen molar-refractivity contribution in [1.29, 1.82) is 0 Å². The summed E-state index contributed by atoms with van der Waals surface area (Å²) in [6, 6.07) is 29.6. The van der Waals surface area contributed by atoms with E-state index in [0.717, 1.165) is 12.8 Å². The maximum atomic E-state index is 5.93. The molecule has 0 heterocycles. The van der Waals surface area contributed by atoms with Gasteiger partial charge in [-0.15, -0.1) is 24.8 Å². The molecule has 0 amide bonds. The first-order valence-corrected chi connectivity index (χ1v) is 26.3. The average Bonchev–Trinajstić information content (AvgIpc) is 3.79. The molecule has 0 bridgehead atoms. The van der Waals surface area contributed by atoms with Crippen molar-refractivity contribution < 1.29 is 18.3 Å². The van der Waals surface area contributed by atoms with Crippen LogP contribution >= 0.6 is 24.8 Å². The number of hydrogen-bond donors (Lipinski definition) is 0. The van der Waals surface area contributed by atoms with Crippen LogP contribution in [0.5, 0.6) is 0 Å². The number of benzene rings is 4. The fraction of sp³-hybridized carbons (Fsp3) is 0.353. The number of halogens is 2. The van der Waals surface area contributed by atoms with E-state index in [4.69, 9.17) is 4.21 Å². The molecule has 0 spiro atoms. The third-order valence-electron chi connectivity index (χ3n) is 13.9. The number of hydrogen-bond acceptors (Lipinski definition) is 0. The average molecular weight is 835 g/mol. The first kappa shape index (κ1) is 40.8. The van der Waals surface area contributed by atoms with Crippen LogP contribution in [0.2, 0.25) is 0 Å². The summed E-state index contributed by atoms with van der Waals surface area (Å²) in [5.74, 6) is 0.347. The maximum absolute atomic E-state index is 5.93. The molecule has 1 atom stereocenters. The quantitative estimate of drug-likeness (QED) is 0.165. The molecule has 1 unspecified atom stereocenters. The second-order valence-electron chi connectivity index (χ2n) is 19.1. The number of rotatable bonds is 5. The molecule has 282 valence electrons. The molecular weight excluding hydrogens is 775 g/mol. The van der Waals surface area contributed by atoms with Crippen LogP contribution < -0.4 is 6.54 Å². The van der Waals surface area contributed by atoms with Gasteiger partial charge in [0, 0.05) is 0 Å². The Labute approximate surface area is 339 Å². The van der Waals surface area contributed by atoms with Crippen molar-refractivity contribution >= 4 is 46.7 Å². The van der Waals surface area contributed by atoms with Gasteiger partial charge in [0.25, 0.3) is 0 Å². The van der Waals surface area contributed by atoms with E-state index in [-0.39, 0.29) is 41.1 Å². The predicted molar refractivity (Wildman–Crippen MR) is 240 cm³/mol. The molecule has 0 fully saturated rings. The Morgan fingerprint density at radius 3 is 1.70 bits per heavy atom. The molecule has 0 aliphatic heterocycles. The van der Waals surface area contributed by atoms with Crippen molar-refractivity contribution in [3.8, 4) is 11.1 Å². The Morgan fingerprint density at radius 2 is 1.20 bits per heavy atom. The van der Waals surface area contributed by atoms with Crippen LogP contribution in [-0.2, 0) is 35.5 Å². The third-order valence-corrected chi connectivity index (χ3v) is 31.4. The van der Waals surface area contributed by atoms with Crippen LogP contribution in [-0.4, -0.2) is 4.21 Å². The fourth-order valence-corrected chi connectivity index (χ4v) is 30.3. The van der Waals surface area contributed by atoms with Crippen molar-refractivity contribution in [3.05, 3.63) is 148 Å². The summed E-state index contributed by atoms with van der Waals surface area (Å²) in [5, 5.41) is 0. The summed E-state index contributed by atoms with van der Waals surface area (Å²) in [4.78, 5) is 0. The van der Waals surface area contributed by atoms with E-state index in [1.54, 1.807) is 6.56 Å². The molecule has 4 aromatic rings. The number of fused-ring (bicyclic) bond motifs is 5. The van der Waals surface area contributed by atoms with E-state index < -0.39 is 18.3 Å². The van der Waals surface area contributed by atoms with Crippen LogP contribution in [0.25, 0.3) is 22.3 Å². The topological polar surface area (TPSA) is 0 Å². The SMILES string of the molecule is Cl.Cl.[CH2]=[Zr]([C]1=CC(C(C)(C)C)=CC1CC)([C]1=C(C)c2cc3c(cc2C1(C)C)Cc1cc2c(cc1-3)C(C)=CC2(C)C)([c]1ccc(C)cc1)[c]1ccc(C)cc1. The summed E-state index contributed by atoms with van der Waals surface area (Å²) >= 11 is -5.00. The molecule has 4 aromatic carbocycles. The van der Waals surface area contributed by atoms with E-state index in [2.05, 4.69) is 174 Å². The Bertz CT molecular complexity index is 2370. The Balaban J connectivity index is 0.00000249. The zero-order valence-corrected chi connectivity index (χ0v) is 38.8. The standard InChI is InChI=1S/C25H25.C11H17.2C7H7.CH2.2ClH.Zr/c1-14-12-24(3,4)22-8-16-7-17-9-23-19(15(2)13-25(23,5)6)11-21(17)20(16)10-18(14)22;1-5-9-6-7-10(8-9)11(2,3)4;2*1-7-5-3-2-4-6-7;;;;/h8-12H,7H2,1-6H3;7-9H,5H2,1-4H3;2*3-6H,1H3;1H2;2*1H;. The van der Waals surface area contributed by atoms with Crippen molar-refractivity contribution in [2.24, 2.45) is 11.3 Å². The summed E-state index contributed by atoms with van der Waals surface area (Å²) < 4.78 is 12.1. The van der Waals surface area contributed by atoms with Gasteiger partial charge in [-0.05, 0) is 0 Å². The van der Waals surface area contributed by atoms with Crippen LogP contribution in [0.3, 0.4) is 0 Å². The van der Waals surface area contributed by atoms with Crippen molar-refractivity contribution in [3.63, 3.8) is 0 Å². The van der Waals surface area contributed by atoms with E-state index >= 15 is 0 Å². The van der Waals surface area contributed by atoms with Gasteiger partial charge in [-0.3, -0.25) is 0 Å². The van der Waals surface area contributed by atoms with Crippen molar-refractivity contribution in [2.75, 3.05) is 0 Å². The van der Waals surface area contributed by atoms with Crippen molar-refractivity contribution in [2.45, 2.75) is 107 Å². The van der Waals surface area contributed by atoms with Gasteiger partial charge in [0.15, 0.2) is 0 Å². The third kappa shape index (κ3) is 5.49. The molecule has 0 saturated heterocycles. The minimum absolute atomic E-state index is 0. The predicted octanol–water partition coefficient (Wildman–Crippen LogP) is 13.1. The molecule has 8 rings (SSSR count). The van der Waals surface area contributed by atoms with Crippen LogP contribution in [0, 0.1) is 25.2 Å². The summed E-state index contributed by atoms with van der Waals surface area (Å²) in [7, 11) is 0. The summed E-state index contributed by atoms with van der Waals surface area (Å²) in [6.45, 7) is 28.5. The molecule has 0 N–H and O–H groups in total. The normalized spacial score (nSPS) is 19.2. The van der Waals surface area contributed by atoms with Gasteiger partial charge in [0.1, 0.15) is 0 Å². The molecule has 3 heteroatoms. The second-order valence-corrected chi connectivity index (χ2v) is 31.8. The summed E-state index contributed by atoms with van der Waals surface area (Å²) in [5.41, 5.74) is 18.5. The molecule has 0 radical (unpaired) electrons. The molecule has 0 saturated carbocycles. The zero-order chi connectivity index (χ0) is 37.4. The van der Waals surface area contributed by atoms with Gasteiger partial charge in [-0.2, -0.15) is 0 Å². The van der Waals surface area contributed by atoms with Crippen LogP contribution in [0.4, 0.5) is 0 Å². The van der Waals surface area contributed by atoms with E-state index in [1.165, 1.54) is 78.9 Å². The first-order valence-electron chi connectivity index (χ1n) is 19.7. The minimum atomic E-state index is -5.00. The van der Waals surface area contributed by atoms with Crippen LogP contribution in [0.15, 0.2) is 103 Å². The van der Waals surface area contributed by atoms with E-state index in [9.17, 15) is 0 Å². The van der Waals surface area contributed by atoms with Gasteiger partial charge in [-0.25, -0.2) is 0 Å². The van der Waals surface area contributed by atoms with E-state index in [1.807, 2.05) is 0 Å². The van der Waals surface area contributed by atoms with Gasteiger partial charge in [-0.1, -0.05) is 0 Å². The molecule has 4 aliphatic carbocycles. The summed E-state index contributed by atoms with van der Waals surface area (Å²) in [6.07, 6.45) is 9.80. The molecule has 54 heavy (non-hydrogen) atoms. The second kappa shape index (κ2) is 13.1. The molecule has 0 aromatic heterocycles. The van der Waals surface area contributed by atoms with E-state index in [0.29, 0.717) is 5.92 Å². The Morgan fingerprint density at radius 1 is 0.704 bits per heavy atom. The number of aryl methyl sites for hydroxylation is 2.